The number of aliphatic hydroxyl groups is 1. The molecule has 0 heterocycles. The minimum atomic E-state index is -0.319. The van der Waals surface area contributed by atoms with Gasteiger partial charge in [0.2, 0.25) is 0 Å². The van der Waals surface area contributed by atoms with E-state index in [4.69, 9.17) is 0 Å². The summed E-state index contributed by atoms with van der Waals surface area (Å²) in [4.78, 5) is 24.4. The van der Waals surface area contributed by atoms with Gasteiger partial charge >= 0.3 is 0 Å². The minimum Gasteiger partial charge on any atom is -0.389 e. The van der Waals surface area contributed by atoms with Gasteiger partial charge in [-0.15, -0.1) is 0 Å². The molecule has 0 aromatic rings. The topological polar surface area (TPSA) is 54.4 Å². The highest BCUT2D eigenvalue weighted by Crippen LogP contribution is 2.66. The Kier molecular flexibility index (Phi) is 4.03. The van der Waals surface area contributed by atoms with E-state index in [0.717, 1.165) is 38.5 Å². The number of aliphatic hydroxyl groups excluding tert-OH is 1. The first kappa shape index (κ1) is 17.5. The first-order chi connectivity index (χ1) is 11.8. The third-order valence-corrected chi connectivity index (χ3v) is 8.69. The molecule has 3 heteroatoms. The molecule has 3 saturated carbocycles. The summed E-state index contributed by atoms with van der Waals surface area (Å²) < 4.78 is 0. The number of fused-ring (bicyclic) bond motifs is 5. The van der Waals surface area contributed by atoms with Gasteiger partial charge in [-0.25, -0.2) is 0 Å². The van der Waals surface area contributed by atoms with E-state index in [1.165, 1.54) is 6.42 Å². The van der Waals surface area contributed by atoms with E-state index < -0.39 is 0 Å². The van der Waals surface area contributed by atoms with Crippen molar-refractivity contribution in [3.63, 3.8) is 0 Å². The van der Waals surface area contributed by atoms with E-state index in [2.05, 4.69) is 26.8 Å². The number of carbonyl (C=O) groups is 2. The predicted octanol–water partition coefficient (Wildman–Crippen LogP) is 3.94. The summed E-state index contributed by atoms with van der Waals surface area (Å²) in [7, 11) is 0. The Morgan fingerprint density at radius 1 is 1.32 bits per heavy atom. The normalized spacial score (nSPS) is 49.0. The lowest BCUT2D eigenvalue weighted by molar-refractivity contribution is -0.131. The molecule has 4 aliphatic carbocycles. The standard InChI is InChI=1S/C22H32O3/c1-13-10-18-16-5-4-14-11-15(24)6-8-21(14,2)17(16)7-9-22(18,3)20(13)19(25)12-23/h7,13-14,16,18,20,23H,4-6,8-12H2,1-3H3/t13-,14-,16-,18+,20-,21+,22+/m1/s1. The summed E-state index contributed by atoms with van der Waals surface area (Å²) in [5.74, 6) is 2.50. The molecular weight excluding hydrogens is 312 g/mol. The molecule has 0 aromatic carbocycles. The Balaban J connectivity index is 1.70. The molecule has 1 N–H and O–H groups in total. The number of Topliss-reactive ketones (excluding diaryl/α,β-unsaturated/α-hetero) is 2. The fraction of sp³-hybridized carbons (Fsp3) is 0.818. The highest BCUT2D eigenvalue weighted by Gasteiger charge is 2.60. The van der Waals surface area contributed by atoms with Crippen molar-refractivity contribution in [3.05, 3.63) is 11.6 Å². The van der Waals surface area contributed by atoms with Crippen LogP contribution in [0, 0.1) is 40.4 Å². The smallest absolute Gasteiger partial charge is 0.162 e. The first-order valence-corrected chi connectivity index (χ1v) is 10.2. The van der Waals surface area contributed by atoms with E-state index in [0.29, 0.717) is 29.5 Å². The SMILES string of the molecule is C[C@@H]1C[C@H]2[C@@H]3CC[C@@H]4CC(=O)CC[C@]4(C)C3=CC[C@]2(C)[C@H]1C(=O)CO. The van der Waals surface area contributed by atoms with E-state index in [-0.39, 0.29) is 29.1 Å². The molecule has 3 nitrogen and oxygen atoms in total. The van der Waals surface area contributed by atoms with Gasteiger partial charge in [-0.2, -0.15) is 0 Å². The molecule has 0 unspecified atom stereocenters. The maximum absolute atomic E-state index is 12.5. The maximum Gasteiger partial charge on any atom is 0.162 e. The van der Waals surface area contributed by atoms with Gasteiger partial charge < -0.3 is 5.11 Å². The minimum absolute atomic E-state index is 0.00107. The van der Waals surface area contributed by atoms with Crippen LogP contribution in [0.15, 0.2) is 11.6 Å². The molecular formula is C22H32O3. The van der Waals surface area contributed by atoms with Crippen LogP contribution in [0.3, 0.4) is 0 Å². The number of carbonyl (C=O) groups excluding carboxylic acids is 2. The van der Waals surface area contributed by atoms with E-state index in [1.807, 2.05) is 0 Å². The molecule has 25 heavy (non-hydrogen) atoms. The lowest BCUT2D eigenvalue weighted by Gasteiger charge is -2.55. The van der Waals surface area contributed by atoms with Gasteiger partial charge in [0, 0.05) is 18.8 Å². The summed E-state index contributed by atoms with van der Waals surface area (Å²) in [6.45, 7) is 6.58. The van der Waals surface area contributed by atoms with Crippen molar-refractivity contribution in [2.45, 2.75) is 65.7 Å². The zero-order valence-electron chi connectivity index (χ0n) is 15.9. The summed E-state index contributed by atoms with van der Waals surface area (Å²) in [5, 5.41) is 9.47. The van der Waals surface area contributed by atoms with E-state index >= 15 is 0 Å². The highest BCUT2D eigenvalue weighted by atomic mass is 16.3. The first-order valence-electron chi connectivity index (χ1n) is 10.2. The van der Waals surface area contributed by atoms with E-state index in [1.54, 1.807) is 5.57 Å². The molecule has 0 saturated heterocycles. The molecule has 0 amide bonds. The maximum atomic E-state index is 12.5. The van der Waals surface area contributed by atoms with Gasteiger partial charge in [0.05, 0.1) is 0 Å². The summed E-state index contributed by atoms with van der Waals surface area (Å²) in [6, 6.07) is 0. The molecule has 0 aromatic heterocycles. The Labute approximate surface area is 151 Å². The number of hydrogen-bond donors (Lipinski definition) is 1. The third-order valence-electron chi connectivity index (χ3n) is 8.69. The zero-order chi connectivity index (χ0) is 18.0. The molecule has 0 aliphatic heterocycles. The molecule has 0 radical (unpaired) electrons. The van der Waals surface area contributed by atoms with Crippen molar-refractivity contribution in [1.82, 2.24) is 0 Å². The Hall–Kier alpha value is -0.960. The summed E-state index contributed by atoms with van der Waals surface area (Å²) in [6.07, 6.45) is 9.37. The average Bonchev–Trinajstić information content (AvgIpc) is 2.85. The van der Waals surface area contributed by atoms with Crippen LogP contribution in [-0.4, -0.2) is 23.3 Å². The van der Waals surface area contributed by atoms with Crippen molar-refractivity contribution < 1.29 is 14.7 Å². The molecule has 3 fully saturated rings. The van der Waals surface area contributed by atoms with Crippen LogP contribution in [0.2, 0.25) is 0 Å². The molecule has 138 valence electrons. The van der Waals surface area contributed by atoms with Gasteiger partial charge in [0.25, 0.3) is 0 Å². The molecule has 0 bridgehead atoms. The van der Waals surface area contributed by atoms with Crippen LogP contribution in [0.5, 0.6) is 0 Å². The number of allylic oxidation sites excluding steroid dienone is 2. The van der Waals surface area contributed by atoms with Crippen LogP contribution in [0.25, 0.3) is 0 Å². The fourth-order valence-corrected chi connectivity index (χ4v) is 7.47. The molecule has 4 rings (SSSR count). The van der Waals surface area contributed by atoms with Crippen molar-refractivity contribution in [2.24, 2.45) is 40.4 Å². The van der Waals surface area contributed by atoms with Gasteiger partial charge in [0.1, 0.15) is 12.4 Å². The third kappa shape index (κ3) is 2.34. The van der Waals surface area contributed by atoms with E-state index in [9.17, 15) is 14.7 Å². The van der Waals surface area contributed by atoms with Crippen LogP contribution in [0.1, 0.15) is 65.7 Å². The number of hydrogen-bond acceptors (Lipinski definition) is 3. The van der Waals surface area contributed by atoms with Gasteiger partial charge in [-0.1, -0.05) is 32.4 Å². The van der Waals surface area contributed by atoms with Crippen molar-refractivity contribution in [2.75, 3.05) is 6.61 Å². The van der Waals surface area contributed by atoms with Gasteiger partial charge in [-0.05, 0) is 66.6 Å². The Bertz CT molecular complexity index is 635. The van der Waals surface area contributed by atoms with Crippen molar-refractivity contribution in [1.29, 1.82) is 0 Å². The number of rotatable bonds is 2. The second-order valence-corrected chi connectivity index (χ2v) is 9.83. The van der Waals surface area contributed by atoms with Crippen LogP contribution >= 0.6 is 0 Å². The van der Waals surface area contributed by atoms with Gasteiger partial charge in [0.15, 0.2) is 5.78 Å². The lowest BCUT2D eigenvalue weighted by Crippen LogP contribution is -2.48. The van der Waals surface area contributed by atoms with Crippen molar-refractivity contribution >= 4 is 11.6 Å². The van der Waals surface area contributed by atoms with Gasteiger partial charge in [-0.3, -0.25) is 9.59 Å². The lowest BCUT2D eigenvalue weighted by atomic mass is 9.48. The monoisotopic (exact) mass is 344 g/mol. The fourth-order valence-electron chi connectivity index (χ4n) is 7.47. The van der Waals surface area contributed by atoms with Crippen LogP contribution in [-0.2, 0) is 9.59 Å². The number of ketones is 2. The highest BCUT2D eigenvalue weighted by molar-refractivity contribution is 5.83. The molecule has 0 spiro atoms. The second-order valence-electron chi connectivity index (χ2n) is 9.83. The van der Waals surface area contributed by atoms with Crippen molar-refractivity contribution in [3.8, 4) is 0 Å². The Morgan fingerprint density at radius 3 is 2.80 bits per heavy atom. The second kappa shape index (κ2) is 5.77. The molecule has 7 atom stereocenters. The largest absolute Gasteiger partial charge is 0.389 e. The zero-order valence-corrected chi connectivity index (χ0v) is 15.9. The quantitative estimate of drug-likeness (QED) is 0.772. The predicted molar refractivity (Wildman–Crippen MR) is 96.8 cm³/mol. The van der Waals surface area contributed by atoms with Crippen LogP contribution < -0.4 is 0 Å². The summed E-state index contributed by atoms with van der Waals surface area (Å²) >= 11 is 0. The summed E-state index contributed by atoms with van der Waals surface area (Å²) in [5.41, 5.74) is 1.81. The molecule has 4 aliphatic rings. The average molecular weight is 344 g/mol. The van der Waals surface area contributed by atoms with Crippen LogP contribution in [0.4, 0.5) is 0 Å². The Morgan fingerprint density at radius 2 is 2.08 bits per heavy atom.